The van der Waals surface area contributed by atoms with Crippen LogP contribution in [-0.4, -0.2) is 58.0 Å². The molecular formula is C25H35ClN2O4S. The quantitative estimate of drug-likeness (QED) is 0.517. The number of ether oxygens (including phenoxy) is 2. The standard InChI is InChI=1S/C25H34N2O4S.ClH/c1-5-27(32(28,29)20-9-6-8-18(2)16-20)14-7-13-26-15-12-19-17-23(30-3)25(31-4)21-10-11-22(26)24(19)21;/h6,8-9,16-17,22H,5,7,10-15H2,1-4H3;1H. The highest BCUT2D eigenvalue weighted by atomic mass is 35.5. The predicted molar refractivity (Wildman–Crippen MR) is 133 cm³/mol. The minimum absolute atomic E-state index is 0. The molecule has 1 aliphatic carbocycles. The number of sulfonamides is 1. The van der Waals surface area contributed by atoms with Crippen molar-refractivity contribution in [3.63, 3.8) is 0 Å². The van der Waals surface area contributed by atoms with E-state index in [1.54, 1.807) is 30.7 Å². The van der Waals surface area contributed by atoms with Gasteiger partial charge in [-0.1, -0.05) is 19.1 Å². The zero-order valence-corrected chi connectivity index (χ0v) is 21.6. The molecule has 1 unspecified atom stereocenters. The maximum Gasteiger partial charge on any atom is 0.243 e. The smallest absolute Gasteiger partial charge is 0.243 e. The van der Waals surface area contributed by atoms with Crippen LogP contribution in [0.3, 0.4) is 0 Å². The summed E-state index contributed by atoms with van der Waals surface area (Å²) in [6, 6.07) is 9.69. The molecule has 0 spiro atoms. The van der Waals surface area contributed by atoms with Crippen LogP contribution in [0, 0.1) is 6.92 Å². The summed E-state index contributed by atoms with van der Waals surface area (Å²) < 4.78 is 39.1. The Morgan fingerprint density at radius 1 is 1.15 bits per heavy atom. The first-order valence-electron chi connectivity index (χ1n) is 11.5. The zero-order chi connectivity index (χ0) is 22.9. The molecule has 0 aromatic heterocycles. The topological polar surface area (TPSA) is 59.1 Å². The van der Waals surface area contributed by atoms with E-state index in [2.05, 4.69) is 11.0 Å². The molecule has 0 radical (unpaired) electrons. The third-order valence-corrected chi connectivity index (χ3v) is 8.81. The molecule has 1 heterocycles. The van der Waals surface area contributed by atoms with Gasteiger partial charge in [-0.25, -0.2) is 8.42 Å². The molecule has 1 aliphatic heterocycles. The van der Waals surface area contributed by atoms with Crippen LogP contribution in [0.15, 0.2) is 35.2 Å². The summed E-state index contributed by atoms with van der Waals surface area (Å²) in [5.74, 6) is 1.70. The molecule has 2 aliphatic rings. The second-order valence-electron chi connectivity index (χ2n) is 8.67. The zero-order valence-electron chi connectivity index (χ0n) is 20.0. The minimum Gasteiger partial charge on any atom is -0.493 e. The van der Waals surface area contributed by atoms with Gasteiger partial charge in [0.05, 0.1) is 19.1 Å². The molecule has 1 atom stereocenters. The molecule has 0 saturated heterocycles. The molecule has 182 valence electrons. The van der Waals surface area contributed by atoms with E-state index in [1.165, 1.54) is 16.7 Å². The summed E-state index contributed by atoms with van der Waals surface area (Å²) in [7, 11) is -0.0582. The van der Waals surface area contributed by atoms with Crippen molar-refractivity contribution >= 4 is 22.4 Å². The lowest BCUT2D eigenvalue weighted by atomic mass is 9.92. The van der Waals surface area contributed by atoms with Gasteiger partial charge < -0.3 is 9.47 Å². The first kappa shape index (κ1) is 25.8. The number of hydrogen-bond donors (Lipinski definition) is 0. The van der Waals surface area contributed by atoms with Crippen LogP contribution in [0.4, 0.5) is 0 Å². The van der Waals surface area contributed by atoms with Crippen molar-refractivity contribution in [2.75, 3.05) is 40.4 Å². The average molecular weight is 495 g/mol. The van der Waals surface area contributed by atoms with Gasteiger partial charge in [0, 0.05) is 37.8 Å². The highest BCUT2D eigenvalue weighted by Gasteiger charge is 2.36. The van der Waals surface area contributed by atoms with Crippen LogP contribution in [-0.2, 0) is 22.9 Å². The van der Waals surface area contributed by atoms with Crippen LogP contribution in [0.1, 0.15) is 48.1 Å². The second kappa shape index (κ2) is 10.6. The van der Waals surface area contributed by atoms with Crippen molar-refractivity contribution in [1.82, 2.24) is 9.21 Å². The summed E-state index contributed by atoms with van der Waals surface area (Å²) >= 11 is 0. The van der Waals surface area contributed by atoms with E-state index in [9.17, 15) is 8.42 Å². The molecule has 0 fully saturated rings. The van der Waals surface area contributed by atoms with E-state index in [1.807, 2.05) is 26.0 Å². The second-order valence-corrected chi connectivity index (χ2v) is 10.6. The summed E-state index contributed by atoms with van der Waals surface area (Å²) in [4.78, 5) is 2.91. The fourth-order valence-corrected chi connectivity index (χ4v) is 6.91. The number of benzene rings is 2. The van der Waals surface area contributed by atoms with Gasteiger partial charge in [-0.3, -0.25) is 4.90 Å². The Kier molecular flexibility index (Phi) is 8.32. The van der Waals surface area contributed by atoms with E-state index in [0.29, 0.717) is 24.0 Å². The number of nitrogens with zero attached hydrogens (tertiary/aromatic N) is 2. The van der Waals surface area contributed by atoms with E-state index < -0.39 is 10.0 Å². The first-order chi connectivity index (χ1) is 15.4. The van der Waals surface area contributed by atoms with Gasteiger partial charge in [0.2, 0.25) is 10.0 Å². The molecule has 0 bridgehead atoms. The van der Waals surface area contributed by atoms with E-state index in [0.717, 1.165) is 55.8 Å². The normalized spacial score (nSPS) is 17.5. The Bertz CT molecular complexity index is 1090. The molecular weight excluding hydrogens is 460 g/mol. The number of methoxy groups -OCH3 is 2. The summed E-state index contributed by atoms with van der Waals surface area (Å²) in [5.41, 5.74) is 5.02. The molecule has 6 nitrogen and oxygen atoms in total. The Morgan fingerprint density at radius 3 is 2.61 bits per heavy atom. The maximum absolute atomic E-state index is 13.1. The summed E-state index contributed by atoms with van der Waals surface area (Å²) in [6.45, 7) is 6.71. The van der Waals surface area contributed by atoms with Crippen molar-refractivity contribution in [2.45, 2.75) is 50.5 Å². The van der Waals surface area contributed by atoms with Gasteiger partial charge in [0.1, 0.15) is 0 Å². The lowest BCUT2D eigenvalue weighted by Gasteiger charge is -2.36. The van der Waals surface area contributed by atoms with Gasteiger partial charge in [-0.05, 0) is 67.5 Å². The number of rotatable bonds is 9. The minimum atomic E-state index is -3.47. The molecule has 33 heavy (non-hydrogen) atoms. The van der Waals surface area contributed by atoms with Gasteiger partial charge in [-0.2, -0.15) is 4.31 Å². The predicted octanol–water partition coefficient (Wildman–Crippen LogP) is 4.38. The Labute approximate surface area is 204 Å². The Balaban J connectivity index is 0.00000306. The molecule has 0 N–H and O–H groups in total. The van der Waals surface area contributed by atoms with Gasteiger partial charge >= 0.3 is 0 Å². The molecule has 8 heteroatoms. The van der Waals surface area contributed by atoms with Crippen molar-refractivity contribution in [3.8, 4) is 11.5 Å². The average Bonchev–Trinajstić information content (AvgIpc) is 3.24. The lowest BCUT2D eigenvalue weighted by Crippen LogP contribution is -2.38. The third kappa shape index (κ3) is 4.87. The van der Waals surface area contributed by atoms with Crippen LogP contribution >= 0.6 is 12.4 Å². The van der Waals surface area contributed by atoms with Gasteiger partial charge in [0.25, 0.3) is 0 Å². The van der Waals surface area contributed by atoms with Crippen molar-refractivity contribution < 1.29 is 17.9 Å². The Morgan fingerprint density at radius 2 is 1.94 bits per heavy atom. The van der Waals surface area contributed by atoms with E-state index >= 15 is 0 Å². The molecule has 0 amide bonds. The van der Waals surface area contributed by atoms with Gasteiger partial charge in [0.15, 0.2) is 11.5 Å². The van der Waals surface area contributed by atoms with Crippen molar-refractivity contribution in [1.29, 1.82) is 0 Å². The van der Waals surface area contributed by atoms with E-state index in [-0.39, 0.29) is 12.4 Å². The molecule has 2 aromatic carbocycles. The third-order valence-electron chi connectivity index (χ3n) is 6.84. The first-order valence-corrected chi connectivity index (χ1v) is 12.9. The van der Waals surface area contributed by atoms with Crippen molar-refractivity contribution in [3.05, 3.63) is 52.6 Å². The van der Waals surface area contributed by atoms with Gasteiger partial charge in [-0.15, -0.1) is 12.4 Å². The van der Waals surface area contributed by atoms with Crippen molar-refractivity contribution in [2.24, 2.45) is 0 Å². The highest BCUT2D eigenvalue weighted by molar-refractivity contribution is 7.89. The van der Waals surface area contributed by atoms with E-state index in [4.69, 9.17) is 9.47 Å². The van der Waals surface area contributed by atoms with Crippen LogP contribution < -0.4 is 9.47 Å². The molecule has 2 aromatic rings. The monoisotopic (exact) mass is 494 g/mol. The number of aryl methyl sites for hydroxylation is 1. The Hall–Kier alpha value is -1.80. The number of hydrogen-bond acceptors (Lipinski definition) is 5. The lowest BCUT2D eigenvalue weighted by molar-refractivity contribution is 0.179. The largest absolute Gasteiger partial charge is 0.493 e. The highest BCUT2D eigenvalue weighted by Crippen LogP contribution is 2.48. The van der Waals surface area contributed by atoms with Crippen LogP contribution in [0.25, 0.3) is 0 Å². The maximum atomic E-state index is 13.1. The molecule has 4 rings (SSSR count). The number of halogens is 1. The molecule has 0 saturated carbocycles. The summed E-state index contributed by atoms with van der Waals surface area (Å²) in [6.07, 6.45) is 3.86. The fraction of sp³-hybridized carbons (Fsp3) is 0.520. The fourth-order valence-electron chi connectivity index (χ4n) is 5.31. The van der Waals surface area contributed by atoms with Crippen LogP contribution in [0.2, 0.25) is 0 Å². The summed E-state index contributed by atoms with van der Waals surface area (Å²) in [5, 5.41) is 0. The SMILES string of the molecule is CCN(CCCN1CCc2cc(OC)c(OC)c3c2C1CC3)S(=O)(=O)c1cccc(C)c1.Cl. The van der Waals surface area contributed by atoms with Crippen LogP contribution in [0.5, 0.6) is 11.5 Å².